The predicted molar refractivity (Wildman–Crippen MR) is 43.0 cm³/mol. The molecule has 2 bridgehead atoms. The fraction of sp³-hybridized carbons (Fsp3) is 0.778. The number of aliphatic hydroxyl groups is 1. The van der Waals surface area contributed by atoms with Crippen molar-refractivity contribution in [3.05, 3.63) is 12.2 Å². The number of hydrogen-bond acceptors (Lipinski definition) is 2. The maximum absolute atomic E-state index is 12.5. The molecular formula is C9H8F6O2. The van der Waals surface area contributed by atoms with Crippen molar-refractivity contribution in [3.8, 4) is 0 Å². The lowest BCUT2D eigenvalue weighted by molar-refractivity contribution is -0.395. The second-order valence-corrected chi connectivity index (χ2v) is 4.14. The van der Waals surface area contributed by atoms with E-state index in [4.69, 9.17) is 5.11 Å². The van der Waals surface area contributed by atoms with Gasteiger partial charge in [-0.25, -0.2) is 0 Å². The van der Waals surface area contributed by atoms with Crippen LogP contribution in [0.4, 0.5) is 26.3 Å². The van der Waals surface area contributed by atoms with Gasteiger partial charge in [0.15, 0.2) is 0 Å². The molecule has 3 atom stereocenters. The molecule has 8 heteroatoms. The largest absolute Gasteiger partial charge is 0.428 e. The molecule has 1 aliphatic heterocycles. The maximum atomic E-state index is 12.5. The van der Waals surface area contributed by atoms with E-state index in [9.17, 15) is 26.3 Å². The number of ether oxygens (including phenoxy) is 1. The Hall–Kier alpha value is -0.760. The average molecular weight is 262 g/mol. The molecule has 0 radical (unpaired) electrons. The van der Waals surface area contributed by atoms with Crippen molar-refractivity contribution < 1.29 is 36.2 Å². The summed E-state index contributed by atoms with van der Waals surface area (Å²) in [6.45, 7) is 0. The summed E-state index contributed by atoms with van der Waals surface area (Å²) in [4.78, 5) is 0. The number of rotatable bonds is 1. The molecule has 1 saturated heterocycles. The first-order valence-electron chi connectivity index (χ1n) is 4.77. The van der Waals surface area contributed by atoms with Gasteiger partial charge in [0.25, 0.3) is 5.60 Å². The first kappa shape index (κ1) is 12.7. The zero-order valence-corrected chi connectivity index (χ0v) is 8.22. The smallest absolute Gasteiger partial charge is 0.372 e. The van der Waals surface area contributed by atoms with Gasteiger partial charge in [-0.05, 0) is 6.42 Å². The zero-order chi connectivity index (χ0) is 13.1. The van der Waals surface area contributed by atoms with Crippen LogP contribution in [0.25, 0.3) is 0 Å². The standard InChI is InChI=1S/C9H8F6O2/c10-8(11,12)7(16,9(13,14)15)6-4-1-2-5(3-4)17-6/h1-2,4-6,16H,3H2. The summed E-state index contributed by atoms with van der Waals surface area (Å²) in [5.41, 5.74) is -4.82. The van der Waals surface area contributed by atoms with Crippen molar-refractivity contribution in [2.45, 2.75) is 36.6 Å². The monoisotopic (exact) mass is 262 g/mol. The van der Waals surface area contributed by atoms with Gasteiger partial charge in [-0.15, -0.1) is 0 Å². The Bertz CT molecular complexity index is 330. The lowest BCUT2D eigenvalue weighted by atomic mass is 9.86. The van der Waals surface area contributed by atoms with Crippen molar-refractivity contribution in [2.75, 3.05) is 0 Å². The SMILES string of the molecule is OC(C1OC2C=CC1C2)(C(F)(F)F)C(F)(F)F. The molecule has 0 saturated carbocycles. The molecule has 0 spiro atoms. The van der Waals surface area contributed by atoms with Gasteiger partial charge >= 0.3 is 12.4 Å². The van der Waals surface area contributed by atoms with Crippen LogP contribution < -0.4 is 0 Å². The maximum Gasteiger partial charge on any atom is 0.428 e. The van der Waals surface area contributed by atoms with E-state index in [-0.39, 0.29) is 6.42 Å². The van der Waals surface area contributed by atoms with Crippen LogP contribution in [0.1, 0.15) is 6.42 Å². The summed E-state index contributed by atoms with van der Waals surface area (Å²) in [5, 5.41) is 9.10. The van der Waals surface area contributed by atoms with Gasteiger partial charge in [0, 0.05) is 5.92 Å². The van der Waals surface area contributed by atoms with Crippen molar-refractivity contribution in [2.24, 2.45) is 5.92 Å². The normalized spacial score (nSPS) is 33.5. The summed E-state index contributed by atoms with van der Waals surface area (Å²) >= 11 is 0. The van der Waals surface area contributed by atoms with Crippen molar-refractivity contribution in [1.29, 1.82) is 0 Å². The molecule has 1 aliphatic carbocycles. The molecule has 1 N–H and O–H groups in total. The minimum absolute atomic E-state index is 0.0408. The quantitative estimate of drug-likeness (QED) is 0.579. The fourth-order valence-corrected chi connectivity index (χ4v) is 2.20. The first-order chi connectivity index (χ1) is 7.57. The summed E-state index contributed by atoms with van der Waals surface area (Å²) in [7, 11) is 0. The van der Waals surface area contributed by atoms with Gasteiger partial charge < -0.3 is 9.84 Å². The van der Waals surface area contributed by atoms with E-state index in [2.05, 4.69) is 4.74 Å². The van der Waals surface area contributed by atoms with E-state index in [1.54, 1.807) is 0 Å². The predicted octanol–water partition coefficient (Wildman–Crippen LogP) is 2.19. The molecule has 1 heterocycles. The summed E-state index contributed by atoms with van der Waals surface area (Å²) in [6.07, 6.45) is -12.1. The molecule has 17 heavy (non-hydrogen) atoms. The average Bonchev–Trinajstić information content (AvgIpc) is 2.73. The highest BCUT2D eigenvalue weighted by Crippen LogP contribution is 2.52. The molecule has 0 amide bonds. The molecule has 98 valence electrons. The van der Waals surface area contributed by atoms with Gasteiger partial charge in [0.1, 0.15) is 6.10 Å². The summed E-state index contributed by atoms with van der Waals surface area (Å²) in [6, 6.07) is 0. The molecule has 1 fully saturated rings. The molecule has 0 aromatic rings. The van der Waals surface area contributed by atoms with Crippen LogP contribution in [0.3, 0.4) is 0 Å². The molecule has 3 unspecified atom stereocenters. The third-order valence-electron chi connectivity index (χ3n) is 3.06. The third kappa shape index (κ3) is 1.65. The molecule has 0 aromatic carbocycles. The number of fused-ring (bicyclic) bond motifs is 2. The van der Waals surface area contributed by atoms with Crippen LogP contribution in [-0.4, -0.2) is 35.3 Å². The number of hydrogen-bond donors (Lipinski definition) is 1. The van der Waals surface area contributed by atoms with Crippen molar-refractivity contribution in [3.63, 3.8) is 0 Å². The zero-order valence-electron chi connectivity index (χ0n) is 8.22. The number of alkyl halides is 6. The Kier molecular flexibility index (Phi) is 2.52. The van der Waals surface area contributed by atoms with E-state index < -0.39 is 36.1 Å². The Morgan fingerprint density at radius 1 is 1.00 bits per heavy atom. The van der Waals surface area contributed by atoms with Gasteiger partial charge in [-0.1, -0.05) is 12.2 Å². The van der Waals surface area contributed by atoms with Crippen LogP contribution in [0.2, 0.25) is 0 Å². The highest BCUT2D eigenvalue weighted by atomic mass is 19.4. The minimum Gasteiger partial charge on any atom is -0.372 e. The fourth-order valence-electron chi connectivity index (χ4n) is 2.20. The lowest BCUT2D eigenvalue weighted by Crippen LogP contribution is -2.65. The van der Waals surface area contributed by atoms with Crippen molar-refractivity contribution >= 4 is 0 Å². The van der Waals surface area contributed by atoms with E-state index in [1.165, 1.54) is 12.2 Å². The molecule has 0 aromatic heterocycles. The molecule has 2 rings (SSSR count). The van der Waals surface area contributed by atoms with E-state index in [0.29, 0.717) is 0 Å². The second-order valence-electron chi connectivity index (χ2n) is 4.14. The Morgan fingerprint density at radius 2 is 1.53 bits per heavy atom. The van der Waals surface area contributed by atoms with Gasteiger partial charge in [0.2, 0.25) is 0 Å². The van der Waals surface area contributed by atoms with Crippen LogP contribution >= 0.6 is 0 Å². The topological polar surface area (TPSA) is 29.5 Å². The Balaban J connectivity index is 2.39. The molecular weight excluding hydrogens is 254 g/mol. The minimum atomic E-state index is -5.83. The third-order valence-corrected chi connectivity index (χ3v) is 3.06. The second kappa shape index (κ2) is 3.38. The van der Waals surface area contributed by atoms with Gasteiger partial charge in [-0.3, -0.25) is 0 Å². The van der Waals surface area contributed by atoms with Gasteiger partial charge in [0.05, 0.1) is 6.10 Å². The van der Waals surface area contributed by atoms with Crippen molar-refractivity contribution in [1.82, 2.24) is 0 Å². The van der Waals surface area contributed by atoms with Crippen LogP contribution in [-0.2, 0) is 4.74 Å². The Labute approximate surface area is 91.9 Å². The van der Waals surface area contributed by atoms with E-state index in [1.807, 2.05) is 0 Å². The molecule has 2 aliphatic rings. The lowest BCUT2D eigenvalue weighted by Gasteiger charge is -2.38. The molecule has 2 nitrogen and oxygen atoms in total. The van der Waals surface area contributed by atoms with Crippen LogP contribution in [0.15, 0.2) is 12.2 Å². The summed E-state index contributed by atoms with van der Waals surface area (Å²) in [5.74, 6) is -1.06. The van der Waals surface area contributed by atoms with E-state index in [0.717, 1.165) is 0 Å². The van der Waals surface area contributed by atoms with Crippen LogP contribution in [0.5, 0.6) is 0 Å². The Morgan fingerprint density at radius 3 is 1.82 bits per heavy atom. The van der Waals surface area contributed by atoms with Gasteiger partial charge in [-0.2, -0.15) is 26.3 Å². The highest BCUT2D eigenvalue weighted by molar-refractivity contribution is 5.17. The highest BCUT2D eigenvalue weighted by Gasteiger charge is 2.76. The first-order valence-corrected chi connectivity index (χ1v) is 4.77. The van der Waals surface area contributed by atoms with Crippen LogP contribution in [0, 0.1) is 5.92 Å². The van der Waals surface area contributed by atoms with E-state index >= 15 is 0 Å². The summed E-state index contributed by atoms with van der Waals surface area (Å²) < 4.78 is 79.6. The number of halogens is 6.